The molecule has 274 valence electrons. The molecule has 0 atom stereocenters. The first-order valence-corrected chi connectivity index (χ1v) is 16.8. The molecule has 0 aliphatic rings. The first-order chi connectivity index (χ1) is 22.3. The van der Waals surface area contributed by atoms with E-state index in [4.69, 9.17) is 10.8 Å². The summed E-state index contributed by atoms with van der Waals surface area (Å²) in [6.45, 7) is 25.7. The van der Waals surface area contributed by atoms with E-state index < -0.39 is 5.97 Å². The number of nitrogens with zero attached hydrogens (tertiary/aromatic N) is 1. The van der Waals surface area contributed by atoms with Crippen molar-refractivity contribution in [2.45, 2.75) is 102 Å². The van der Waals surface area contributed by atoms with Crippen molar-refractivity contribution in [2.75, 3.05) is 47.9 Å². The first kappa shape index (κ1) is 66.8. The molecule has 47 heavy (non-hydrogen) atoms. The van der Waals surface area contributed by atoms with Crippen LogP contribution in [0.1, 0.15) is 113 Å². The number of carboxylic acid groups (broad SMARTS) is 1. The van der Waals surface area contributed by atoms with Crippen molar-refractivity contribution in [3.8, 4) is 0 Å². The van der Waals surface area contributed by atoms with Gasteiger partial charge in [-0.1, -0.05) is 113 Å². The van der Waals surface area contributed by atoms with Gasteiger partial charge in [0.2, 0.25) is 5.91 Å². The van der Waals surface area contributed by atoms with Gasteiger partial charge in [-0.15, -0.1) is 0 Å². The average molecular weight is 663 g/mol. The van der Waals surface area contributed by atoms with E-state index in [-0.39, 0.29) is 43.5 Å². The van der Waals surface area contributed by atoms with Gasteiger partial charge >= 0.3 is 24.8 Å². The number of nitrogens with two attached hydrogens (primary N) is 1. The number of ketones is 1. The molecular weight excluding hydrogens is 587 g/mol. The fraction of sp³-hybridized carbons (Fsp3) is 0.595. The molecule has 5 N–H and O–H groups in total. The SMILES string of the molecule is CC.CC.CC.CC.CC.CC.CNCCC(=O)N(C)OC.CNCCC(=O)c1ccccc1.NCCC(=O)O.[Li+].[c-]1ccccc1. The zero-order valence-corrected chi connectivity index (χ0v) is 33.6. The maximum Gasteiger partial charge on any atom is 1.00 e. The van der Waals surface area contributed by atoms with E-state index in [1.54, 1.807) is 14.1 Å². The number of carbonyl (C=O) groups excluding carboxylic acids is 2. The quantitative estimate of drug-likeness (QED) is 0.119. The molecule has 1 amide bonds. The van der Waals surface area contributed by atoms with Crippen LogP contribution >= 0.6 is 0 Å². The van der Waals surface area contributed by atoms with E-state index in [2.05, 4.69) is 21.5 Å². The normalized spacial score (nSPS) is 7.34. The number of nitrogens with one attached hydrogen (secondary N) is 2. The minimum Gasteiger partial charge on any atom is -0.481 e. The van der Waals surface area contributed by atoms with Crippen LogP contribution in [0.3, 0.4) is 0 Å². The smallest absolute Gasteiger partial charge is 0.481 e. The summed E-state index contributed by atoms with van der Waals surface area (Å²) in [4.78, 5) is 36.4. The summed E-state index contributed by atoms with van der Waals surface area (Å²) in [7, 11) is 6.72. The molecule has 0 heterocycles. The number of hydrogen-bond acceptors (Lipinski definition) is 7. The summed E-state index contributed by atoms with van der Waals surface area (Å²) in [6.07, 6.45) is 1.11. The Morgan fingerprint density at radius 2 is 1.11 bits per heavy atom. The second-order valence-corrected chi connectivity index (χ2v) is 6.58. The summed E-state index contributed by atoms with van der Waals surface area (Å²) in [5, 5.41) is 14.9. The number of hydrogen-bond donors (Lipinski definition) is 4. The van der Waals surface area contributed by atoms with Crippen LogP contribution in [0.4, 0.5) is 0 Å². The van der Waals surface area contributed by atoms with Gasteiger partial charge in [0, 0.05) is 45.1 Å². The summed E-state index contributed by atoms with van der Waals surface area (Å²) in [5.41, 5.74) is 5.65. The van der Waals surface area contributed by atoms with Gasteiger partial charge in [-0.3, -0.25) is 19.2 Å². The Bertz CT molecular complexity index is 730. The van der Waals surface area contributed by atoms with E-state index in [0.29, 0.717) is 19.4 Å². The summed E-state index contributed by atoms with van der Waals surface area (Å²) < 4.78 is 0. The van der Waals surface area contributed by atoms with Crippen molar-refractivity contribution in [1.29, 1.82) is 0 Å². The maximum absolute atomic E-state index is 11.4. The molecule has 10 heteroatoms. The molecule has 0 fully saturated rings. The number of amides is 1. The van der Waals surface area contributed by atoms with Crippen LogP contribution in [0.25, 0.3) is 0 Å². The van der Waals surface area contributed by atoms with E-state index in [1.807, 2.05) is 151 Å². The largest absolute Gasteiger partial charge is 1.00 e. The minimum absolute atomic E-state index is 0. The van der Waals surface area contributed by atoms with E-state index in [0.717, 1.165) is 12.1 Å². The monoisotopic (exact) mass is 663 g/mol. The van der Waals surface area contributed by atoms with Crippen LogP contribution < -0.4 is 35.2 Å². The zero-order valence-electron chi connectivity index (χ0n) is 33.6. The molecule has 0 saturated heterocycles. The third kappa shape index (κ3) is 70.9. The Balaban J connectivity index is -0.0000000536. The molecule has 2 aromatic carbocycles. The van der Waals surface area contributed by atoms with Crippen molar-refractivity contribution in [3.05, 3.63) is 72.3 Å². The first-order valence-electron chi connectivity index (χ1n) is 16.8. The summed E-state index contributed by atoms with van der Waals surface area (Å²) in [6, 6.07) is 21.9. The van der Waals surface area contributed by atoms with Gasteiger partial charge in [-0.05, 0) is 14.1 Å². The van der Waals surface area contributed by atoms with Gasteiger partial charge in [0.1, 0.15) is 0 Å². The maximum atomic E-state index is 11.4. The Morgan fingerprint density at radius 1 is 0.723 bits per heavy atom. The molecule has 2 rings (SSSR count). The number of rotatable bonds is 10. The zero-order chi connectivity index (χ0) is 38.0. The Morgan fingerprint density at radius 3 is 1.36 bits per heavy atom. The van der Waals surface area contributed by atoms with E-state index >= 15 is 0 Å². The third-order valence-corrected chi connectivity index (χ3v) is 3.88. The van der Waals surface area contributed by atoms with Gasteiger partial charge < -0.3 is 21.5 Å². The topological polar surface area (TPSA) is 134 Å². The predicted octanol–water partition coefficient (Wildman–Crippen LogP) is 5.16. The van der Waals surface area contributed by atoms with E-state index in [1.165, 1.54) is 12.2 Å². The molecular formula is C37H75LiN4O5. The van der Waals surface area contributed by atoms with Crippen LogP contribution in [0.5, 0.6) is 0 Å². The van der Waals surface area contributed by atoms with Crippen molar-refractivity contribution >= 4 is 17.7 Å². The predicted molar refractivity (Wildman–Crippen MR) is 202 cm³/mol. The van der Waals surface area contributed by atoms with Crippen LogP contribution in [0.2, 0.25) is 0 Å². The standard InChI is InChI=1S/C10H13NO.C6H14N2O2.C6H5.C3H7NO2.6C2H6.Li/c1-11-8-7-10(12)9-5-3-2-4-6-9;1-7-5-4-6(9)8(2)10-3;1-2-4-6-5-3-1;4-2-1-3(5)6;6*1-2;/h2-6,11H,7-8H2,1H3;7H,4-5H2,1-3H3;1-5H;1-2,4H2,(H,5,6);6*1-2H3;/q;;-1;;;;;;;;+1. The van der Waals surface area contributed by atoms with Crippen LogP contribution in [-0.2, 0) is 14.4 Å². The van der Waals surface area contributed by atoms with Gasteiger partial charge in [0.05, 0.1) is 13.5 Å². The van der Waals surface area contributed by atoms with Gasteiger partial charge in [-0.25, -0.2) is 5.06 Å². The van der Waals surface area contributed by atoms with Crippen molar-refractivity contribution in [2.24, 2.45) is 5.73 Å². The number of carbonyl (C=O) groups is 3. The Kier molecular flexibility index (Phi) is 106. The molecule has 0 aliphatic heterocycles. The number of aliphatic carboxylic acids is 1. The third-order valence-electron chi connectivity index (χ3n) is 3.88. The second-order valence-electron chi connectivity index (χ2n) is 6.58. The van der Waals surface area contributed by atoms with E-state index in [9.17, 15) is 14.4 Å². The number of benzene rings is 2. The summed E-state index contributed by atoms with van der Waals surface area (Å²) >= 11 is 0. The molecule has 0 bridgehead atoms. The van der Waals surface area contributed by atoms with Gasteiger partial charge in [0.15, 0.2) is 5.78 Å². The molecule has 0 saturated carbocycles. The van der Waals surface area contributed by atoms with Crippen molar-refractivity contribution in [3.63, 3.8) is 0 Å². The number of hydroxylamine groups is 2. The fourth-order valence-electron chi connectivity index (χ4n) is 1.96. The summed E-state index contributed by atoms with van der Waals surface area (Å²) in [5.74, 6) is -0.653. The molecule has 0 spiro atoms. The molecule has 9 nitrogen and oxygen atoms in total. The van der Waals surface area contributed by atoms with Crippen LogP contribution in [0.15, 0.2) is 60.7 Å². The van der Waals surface area contributed by atoms with Crippen molar-refractivity contribution in [1.82, 2.24) is 15.7 Å². The van der Waals surface area contributed by atoms with Crippen molar-refractivity contribution < 1.29 is 43.2 Å². The molecule has 0 aromatic heterocycles. The van der Waals surface area contributed by atoms with Gasteiger partial charge in [0.25, 0.3) is 0 Å². The number of carboxylic acids is 1. The molecule has 0 radical (unpaired) electrons. The molecule has 2 aromatic rings. The van der Waals surface area contributed by atoms with Crippen LogP contribution in [0, 0.1) is 6.07 Å². The minimum atomic E-state index is -0.836. The van der Waals surface area contributed by atoms with Gasteiger partial charge in [-0.2, -0.15) is 36.4 Å². The fourth-order valence-corrected chi connectivity index (χ4v) is 1.96. The number of Topliss-reactive ketones (excluding diaryl/α,β-unsaturated/α-hetero) is 1. The molecule has 0 unspecified atom stereocenters. The molecule has 0 aliphatic carbocycles. The second kappa shape index (κ2) is 74.4. The Hall–Kier alpha value is -2.51. The Labute approximate surface area is 304 Å². The van der Waals surface area contributed by atoms with Crippen LogP contribution in [-0.4, -0.2) is 75.7 Å². The average Bonchev–Trinajstić information content (AvgIpc) is 3.16.